The van der Waals surface area contributed by atoms with E-state index in [1.165, 1.54) is 11.1 Å². The molecule has 34 heavy (non-hydrogen) atoms. The Morgan fingerprint density at radius 1 is 1.21 bits per heavy atom. The maximum atomic E-state index is 13.1. The van der Waals surface area contributed by atoms with E-state index in [1.54, 1.807) is 11.0 Å². The van der Waals surface area contributed by atoms with Crippen LogP contribution in [0.25, 0.3) is 17.1 Å². The maximum Gasteiger partial charge on any atom is 0.246 e. The Labute approximate surface area is 200 Å². The van der Waals surface area contributed by atoms with E-state index < -0.39 is 0 Å². The zero-order chi connectivity index (χ0) is 23.8. The maximum absolute atomic E-state index is 13.1. The predicted octanol–water partition coefficient (Wildman–Crippen LogP) is 4.52. The molecule has 1 saturated heterocycles. The summed E-state index contributed by atoms with van der Waals surface area (Å²) in [5.74, 6) is -0.0526. The molecule has 2 aromatic heterocycles. The third-order valence-electron chi connectivity index (χ3n) is 7.30. The van der Waals surface area contributed by atoms with Crippen LogP contribution in [0.4, 0.5) is 0 Å². The molecule has 0 spiro atoms. The molecule has 6 heteroatoms. The first-order valence-corrected chi connectivity index (χ1v) is 12.0. The van der Waals surface area contributed by atoms with Crippen molar-refractivity contribution in [1.82, 2.24) is 14.5 Å². The summed E-state index contributed by atoms with van der Waals surface area (Å²) in [5.41, 5.74) is 6.82. The Kier molecular flexibility index (Phi) is 5.97. The fraction of sp³-hybridized carbons (Fsp3) is 0.393. The van der Waals surface area contributed by atoms with E-state index in [4.69, 9.17) is 9.72 Å². The normalized spacial score (nSPS) is 16.8. The lowest BCUT2D eigenvalue weighted by Gasteiger charge is -2.30. The highest BCUT2D eigenvalue weighted by Gasteiger charge is 2.29. The summed E-state index contributed by atoms with van der Waals surface area (Å²) in [5, 5.41) is 11.1. The van der Waals surface area contributed by atoms with E-state index in [-0.39, 0.29) is 18.0 Å². The van der Waals surface area contributed by atoms with E-state index in [0.29, 0.717) is 18.8 Å². The molecule has 0 bridgehead atoms. The highest BCUT2D eigenvalue weighted by Crippen LogP contribution is 2.37. The fourth-order valence-electron chi connectivity index (χ4n) is 5.55. The van der Waals surface area contributed by atoms with Crippen molar-refractivity contribution in [3.05, 3.63) is 70.0 Å². The molecule has 3 heterocycles. The van der Waals surface area contributed by atoms with E-state index in [2.05, 4.69) is 34.9 Å². The number of carbonyl (C=O) groups excluding carboxylic acids is 1. The Balaban J connectivity index is 1.59. The van der Waals surface area contributed by atoms with E-state index in [0.717, 1.165) is 53.7 Å². The minimum atomic E-state index is -0.0526. The van der Waals surface area contributed by atoms with Gasteiger partial charge in [0.05, 0.1) is 11.3 Å². The van der Waals surface area contributed by atoms with E-state index in [1.807, 2.05) is 33.0 Å². The highest BCUT2D eigenvalue weighted by molar-refractivity contribution is 5.96. The van der Waals surface area contributed by atoms with Crippen LogP contribution in [-0.2, 0) is 22.4 Å². The van der Waals surface area contributed by atoms with Gasteiger partial charge in [0.25, 0.3) is 0 Å². The number of pyridine rings is 1. The van der Waals surface area contributed by atoms with Crippen molar-refractivity contribution < 1.29 is 9.53 Å². The van der Waals surface area contributed by atoms with Crippen molar-refractivity contribution in [2.24, 2.45) is 0 Å². The quantitative estimate of drug-likeness (QED) is 0.544. The highest BCUT2D eigenvalue weighted by atomic mass is 16.5. The standard InChI is InChI=1S/C28H30N4O2/c1-18-14-19(2)30-28-27(18)24(17-29)25(8-9-26(33)31(3)22-10-12-34-13-11-22)32(28)23-15-20-6-4-5-7-21(20)16-23/h4-9,14,22-23H,10-13,15-16H2,1-3H3/b9-8+. The average Bonchev–Trinajstić information content (AvgIpc) is 3.40. The third kappa shape index (κ3) is 3.91. The molecule has 1 aliphatic carbocycles. The predicted molar refractivity (Wildman–Crippen MR) is 132 cm³/mol. The van der Waals surface area contributed by atoms with Crippen LogP contribution >= 0.6 is 0 Å². The number of ether oxygens (including phenoxy) is 1. The van der Waals surface area contributed by atoms with Gasteiger partial charge in [-0.25, -0.2) is 4.98 Å². The first-order chi connectivity index (χ1) is 16.5. The number of rotatable bonds is 4. The van der Waals surface area contributed by atoms with Crippen LogP contribution in [0, 0.1) is 25.2 Å². The molecule has 5 rings (SSSR count). The molecule has 0 atom stereocenters. The van der Waals surface area contributed by atoms with Crippen molar-refractivity contribution in [1.29, 1.82) is 5.26 Å². The fourth-order valence-corrected chi connectivity index (χ4v) is 5.55. The Bertz CT molecular complexity index is 1300. The van der Waals surface area contributed by atoms with Gasteiger partial charge in [-0.2, -0.15) is 5.26 Å². The first-order valence-electron chi connectivity index (χ1n) is 12.0. The molecule has 6 nitrogen and oxygen atoms in total. The van der Waals surface area contributed by atoms with Gasteiger partial charge in [-0.1, -0.05) is 24.3 Å². The van der Waals surface area contributed by atoms with Gasteiger partial charge in [-0.3, -0.25) is 4.79 Å². The summed E-state index contributed by atoms with van der Waals surface area (Å²) in [6, 6.07) is 13.3. The van der Waals surface area contributed by atoms with Crippen molar-refractivity contribution in [3.8, 4) is 6.07 Å². The lowest BCUT2D eigenvalue weighted by atomic mass is 10.1. The largest absolute Gasteiger partial charge is 0.381 e. The number of hydrogen-bond donors (Lipinski definition) is 0. The Morgan fingerprint density at radius 2 is 1.88 bits per heavy atom. The van der Waals surface area contributed by atoms with Gasteiger partial charge >= 0.3 is 0 Å². The zero-order valence-corrected chi connectivity index (χ0v) is 20.0. The van der Waals surface area contributed by atoms with Gasteiger partial charge in [0, 0.05) is 49.5 Å². The molecule has 0 saturated carbocycles. The lowest BCUT2D eigenvalue weighted by Crippen LogP contribution is -2.39. The van der Waals surface area contributed by atoms with Crippen LogP contribution in [0.1, 0.15) is 52.5 Å². The summed E-state index contributed by atoms with van der Waals surface area (Å²) >= 11 is 0. The SMILES string of the molecule is Cc1cc(C)c2c(C#N)c(/C=C/C(=O)N(C)C3CCOCC3)n(C3Cc4ccccc4C3)c2n1. The Hall–Kier alpha value is -3.43. The number of hydrogen-bond acceptors (Lipinski definition) is 4. The van der Waals surface area contributed by atoms with Crippen LogP contribution in [0.5, 0.6) is 0 Å². The second-order valence-corrected chi connectivity index (χ2v) is 9.48. The van der Waals surface area contributed by atoms with Gasteiger partial charge in [0.15, 0.2) is 0 Å². The number of fused-ring (bicyclic) bond motifs is 2. The molecule has 2 aliphatic rings. The van der Waals surface area contributed by atoms with Crippen LogP contribution < -0.4 is 0 Å². The smallest absolute Gasteiger partial charge is 0.246 e. The lowest BCUT2D eigenvalue weighted by molar-refractivity contribution is -0.128. The number of benzene rings is 1. The first kappa shape index (κ1) is 22.4. The summed E-state index contributed by atoms with van der Waals surface area (Å²) in [7, 11) is 1.85. The molecule has 0 radical (unpaired) electrons. The molecule has 0 unspecified atom stereocenters. The van der Waals surface area contributed by atoms with Crippen molar-refractivity contribution in [2.75, 3.05) is 20.3 Å². The van der Waals surface area contributed by atoms with Crippen molar-refractivity contribution in [3.63, 3.8) is 0 Å². The van der Waals surface area contributed by atoms with Gasteiger partial charge < -0.3 is 14.2 Å². The summed E-state index contributed by atoms with van der Waals surface area (Å²) in [6.07, 6.45) is 6.92. The van der Waals surface area contributed by atoms with Gasteiger partial charge in [0.1, 0.15) is 11.7 Å². The number of nitrogens with zero attached hydrogens (tertiary/aromatic N) is 4. The molecule has 1 aliphatic heterocycles. The van der Waals surface area contributed by atoms with E-state index >= 15 is 0 Å². The van der Waals surface area contributed by atoms with Crippen LogP contribution in [0.3, 0.4) is 0 Å². The second-order valence-electron chi connectivity index (χ2n) is 9.48. The summed E-state index contributed by atoms with van der Waals surface area (Å²) < 4.78 is 7.64. The molecule has 0 N–H and O–H groups in total. The molecule has 3 aromatic rings. The number of nitriles is 1. The van der Waals surface area contributed by atoms with Crippen molar-refractivity contribution in [2.45, 2.75) is 51.6 Å². The summed E-state index contributed by atoms with van der Waals surface area (Å²) in [6.45, 7) is 5.39. The topological polar surface area (TPSA) is 71.2 Å². The number of carbonyl (C=O) groups is 1. The second kappa shape index (κ2) is 9.08. The molecular formula is C28H30N4O2. The van der Waals surface area contributed by atoms with E-state index in [9.17, 15) is 10.1 Å². The molecule has 1 amide bonds. The minimum absolute atomic E-state index is 0.0526. The van der Waals surface area contributed by atoms with Gasteiger partial charge in [-0.15, -0.1) is 0 Å². The Morgan fingerprint density at radius 3 is 2.53 bits per heavy atom. The summed E-state index contributed by atoms with van der Waals surface area (Å²) in [4.78, 5) is 19.7. The molecule has 1 fully saturated rings. The van der Waals surface area contributed by atoms with Crippen LogP contribution in [0.15, 0.2) is 36.4 Å². The minimum Gasteiger partial charge on any atom is -0.381 e. The number of aromatic nitrogens is 2. The third-order valence-corrected chi connectivity index (χ3v) is 7.30. The molecular weight excluding hydrogens is 424 g/mol. The zero-order valence-electron chi connectivity index (χ0n) is 20.0. The van der Waals surface area contributed by atoms with Crippen LogP contribution in [0.2, 0.25) is 0 Å². The molecule has 174 valence electrons. The van der Waals surface area contributed by atoms with Crippen molar-refractivity contribution >= 4 is 23.0 Å². The van der Waals surface area contributed by atoms with Crippen LogP contribution in [-0.4, -0.2) is 46.7 Å². The monoisotopic (exact) mass is 454 g/mol. The number of likely N-dealkylation sites (N-methyl/N-ethyl adjacent to an activating group) is 1. The number of aryl methyl sites for hydroxylation is 2. The van der Waals surface area contributed by atoms with Gasteiger partial charge in [-0.05, 0) is 68.4 Å². The number of amides is 1. The molecule has 1 aromatic carbocycles. The van der Waals surface area contributed by atoms with Gasteiger partial charge in [0.2, 0.25) is 5.91 Å². The average molecular weight is 455 g/mol.